The molecule has 5 heteroatoms. The largest absolute Gasteiger partial charge is 0.350 e. The second kappa shape index (κ2) is 5.96. The van der Waals surface area contributed by atoms with Crippen molar-refractivity contribution in [3.8, 4) is 0 Å². The second-order valence-corrected chi connectivity index (χ2v) is 6.76. The number of nitrogens with one attached hydrogen (secondary N) is 1. The van der Waals surface area contributed by atoms with Crippen molar-refractivity contribution in [3.63, 3.8) is 0 Å². The highest BCUT2D eigenvalue weighted by molar-refractivity contribution is 9.09. The van der Waals surface area contributed by atoms with E-state index in [2.05, 4.69) is 26.2 Å². The molecule has 0 spiro atoms. The molecule has 1 aromatic rings. The Bertz CT molecular complexity index is 394. The van der Waals surface area contributed by atoms with Crippen LogP contribution in [-0.2, 0) is 0 Å². The van der Waals surface area contributed by atoms with Gasteiger partial charge in [0.1, 0.15) is 5.69 Å². The summed E-state index contributed by atoms with van der Waals surface area (Å²) in [7, 11) is 0. The van der Waals surface area contributed by atoms with Gasteiger partial charge in [-0.2, -0.15) is 0 Å². The molecule has 94 valence electrons. The molecule has 1 aromatic heterocycles. The van der Waals surface area contributed by atoms with E-state index in [-0.39, 0.29) is 5.91 Å². The molecule has 1 aliphatic carbocycles. The molecule has 2 rings (SSSR count). The molecule has 0 radical (unpaired) electrons. The van der Waals surface area contributed by atoms with E-state index in [1.165, 1.54) is 37.0 Å². The van der Waals surface area contributed by atoms with Crippen molar-refractivity contribution in [2.75, 3.05) is 6.54 Å². The quantitative estimate of drug-likeness (QED) is 0.870. The van der Waals surface area contributed by atoms with Gasteiger partial charge in [0.2, 0.25) is 0 Å². The zero-order chi connectivity index (χ0) is 12.3. The standard InChI is InChI=1S/C12H17BrN2OS/c1-8-15-11(7-17-8)12(16)14-6-9-4-2-3-5-10(9)13/h7,9-10H,2-6H2,1H3,(H,14,16). The minimum atomic E-state index is -0.0420. The smallest absolute Gasteiger partial charge is 0.270 e. The van der Waals surface area contributed by atoms with Crippen LogP contribution in [0.3, 0.4) is 0 Å². The molecule has 2 atom stereocenters. The van der Waals surface area contributed by atoms with E-state index in [1.54, 1.807) is 0 Å². The fraction of sp³-hybridized carbons (Fsp3) is 0.667. The summed E-state index contributed by atoms with van der Waals surface area (Å²) in [6.45, 7) is 2.67. The summed E-state index contributed by atoms with van der Waals surface area (Å²) in [6.07, 6.45) is 4.99. The van der Waals surface area contributed by atoms with E-state index in [0.29, 0.717) is 16.4 Å². The third-order valence-electron chi connectivity index (χ3n) is 3.19. The lowest BCUT2D eigenvalue weighted by Crippen LogP contribution is -2.34. The lowest BCUT2D eigenvalue weighted by Gasteiger charge is -2.27. The van der Waals surface area contributed by atoms with Gasteiger partial charge >= 0.3 is 0 Å². The van der Waals surface area contributed by atoms with Gasteiger partial charge in [0.25, 0.3) is 5.91 Å². The average Bonchev–Trinajstić information content (AvgIpc) is 2.74. The van der Waals surface area contributed by atoms with Gasteiger partial charge in [0.15, 0.2) is 0 Å². The van der Waals surface area contributed by atoms with Crippen LogP contribution in [0.25, 0.3) is 0 Å². The van der Waals surface area contributed by atoms with Crippen LogP contribution in [0.15, 0.2) is 5.38 Å². The number of amides is 1. The van der Waals surface area contributed by atoms with Crippen LogP contribution in [0.1, 0.15) is 41.2 Å². The van der Waals surface area contributed by atoms with E-state index in [9.17, 15) is 4.79 Å². The Morgan fingerprint density at radius 3 is 3.00 bits per heavy atom. The van der Waals surface area contributed by atoms with Crippen LogP contribution in [-0.4, -0.2) is 22.3 Å². The molecule has 0 aromatic carbocycles. The zero-order valence-corrected chi connectivity index (χ0v) is 12.3. The maximum Gasteiger partial charge on any atom is 0.270 e. The number of rotatable bonds is 3. The Morgan fingerprint density at radius 2 is 2.35 bits per heavy atom. The number of hydrogen-bond acceptors (Lipinski definition) is 3. The lowest BCUT2D eigenvalue weighted by molar-refractivity contribution is 0.0940. The highest BCUT2D eigenvalue weighted by Crippen LogP contribution is 2.29. The molecule has 1 amide bonds. The van der Waals surface area contributed by atoms with Crippen molar-refractivity contribution in [2.24, 2.45) is 5.92 Å². The van der Waals surface area contributed by atoms with Gasteiger partial charge in [-0.1, -0.05) is 28.8 Å². The molecular formula is C12H17BrN2OS. The first kappa shape index (κ1) is 13.0. The Hall–Kier alpha value is -0.420. The monoisotopic (exact) mass is 316 g/mol. The van der Waals surface area contributed by atoms with E-state index < -0.39 is 0 Å². The summed E-state index contributed by atoms with van der Waals surface area (Å²) in [4.78, 5) is 16.6. The number of aromatic nitrogens is 1. The summed E-state index contributed by atoms with van der Waals surface area (Å²) in [6, 6.07) is 0. The van der Waals surface area contributed by atoms with Gasteiger partial charge in [-0.05, 0) is 25.7 Å². The summed E-state index contributed by atoms with van der Waals surface area (Å²) < 4.78 is 0. The Morgan fingerprint density at radius 1 is 1.59 bits per heavy atom. The summed E-state index contributed by atoms with van der Waals surface area (Å²) >= 11 is 5.21. The molecule has 17 heavy (non-hydrogen) atoms. The fourth-order valence-corrected chi connectivity index (χ4v) is 3.54. The molecule has 0 bridgehead atoms. The Kier molecular flexibility index (Phi) is 4.56. The van der Waals surface area contributed by atoms with Crippen molar-refractivity contribution >= 4 is 33.2 Å². The van der Waals surface area contributed by atoms with Crippen molar-refractivity contribution in [2.45, 2.75) is 37.4 Å². The number of carbonyl (C=O) groups excluding carboxylic acids is 1. The predicted molar refractivity (Wildman–Crippen MR) is 73.9 cm³/mol. The third-order valence-corrected chi connectivity index (χ3v) is 5.17. The highest BCUT2D eigenvalue weighted by atomic mass is 79.9. The van der Waals surface area contributed by atoms with Crippen LogP contribution < -0.4 is 5.32 Å². The van der Waals surface area contributed by atoms with Crippen LogP contribution in [0.4, 0.5) is 0 Å². The maximum absolute atomic E-state index is 11.8. The van der Waals surface area contributed by atoms with Gasteiger partial charge in [0.05, 0.1) is 5.01 Å². The van der Waals surface area contributed by atoms with Crippen LogP contribution >= 0.6 is 27.3 Å². The molecular weight excluding hydrogens is 300 g/mol. The molecule has 1 N–H and O–H groups in total. The molecule has 0 aliphatic heterocycles. The maximum atomic E-state index is 11.8. The normalized spacial score (nSPS) is 24.6. The van der Waals surface area contributed by atoms with E-state index in [0.717, 1.165) is 11.6 Å². The van der Waals surface area contributed by atoms with Gasteiger partial charge in [-0.3, -0.25) is 4.79 Å². The van der Waals surface area contributed by atoms with Crippen molar-refractivity contribution in [3.05, 3.63) is 16.1 Å². The van der Waals surface area contributed by atoms with Crippen molar-refractivity contribution in [1.29, 1.82) is 0 Å². The molecule has 1 heterocycles. The first-order valence-electron chi connectivity index (χ1n) is 6.01. The summed E-state index contributed by atoms with van der Waals surface area (Å²) in [5.41, 5.74) is 0.550. The first-order chi connectivity index (χ1) is 8.16. The minimum Gasteiger partial charge on any atom is -0.350 e. The topological polar surface area (TPSA) is 42.0 Å². The number of aryl methyl sites for hydroxylation is 1. The zero-order valence-electron chi connectivity index (χ0n) is 9.91. The number of nitrogens with zero attached hydrogens (tertiary/aromatic N) is 1. The lowest BCUT2D eigenvalue weighted by atomic mass is 9.89. The number of carbonyl (C=O) groups is 1. The van der Waals surface area contributed by atoms with Crippen molar-refractivity contribution < 1.29 is 4.79 Å². The molecule has 1 aliphatic rings. The second-order valence-electron chi connectivity index (χ2n) is 4.52. The Balaban J connectivity index is 1.83. The van der Waals surface area contributed by atoms with Gasteiger partial charge in [0, 0.05) is 16.8 Å². The minimum absolute atomic E-state index is 0.0420. The number of alkyl halides is 1. The number of hydrogen-bond donors (Lipinski definition) is 1. The van der Waals surface area contributed by atoms with Crippen LogP contribution in [0, 0.1) is 12.8 Å². The van der Waals surface area contributed by atoms with Gasteiger partial charge < -0.3 is 5.32 Å². The van der Waals surface area contributed by atoms with E-state index >= 15 is 0 Å². The number of thiazole rings is 1. The molecule has 3 nitrogen and oxygen atoms in total. The van der Waals surface area contributed by atoms with E-state index in [1.807, 2.05) is 12.3 Å². The average molecular weight is 317 g/mol. The Labute approximate surface area is 114 Å². The van der Waals surface area contributed by atoms with Crippen LogP contribution in [0.2, 0.25) is 0 Å². The molecule has 0 saturated heterocycles. The summed E-state index contributed by atoms with van der Waals surface area (Å²) in [5, 5.41) is 5.74. The SMILES string of the molecule is Cc1nc(C(=O)NCC2CCCCC2Br)cs1. The summed E-state index contributed by atoms with van der Waals surface area (Å²) in [5.74, 6) is 0.520. The molecule has 1 fully saturated rings. The predicted octanol–water partition coefficient (Wildman–Crippen LogP) is 3.14. The van der Waals surface area contributed by atoms with Gasteiger partial charge in [-0.15, -0.1) is 11.3 Å². The number of halogens is 1. The van der Waals surface area contributed by atoms with Crippen LogP contribution in [0.5, 0.6) is 0 Å². The molecule has 1 saturated carbocycles. The molecule has 2 unspecified atom stereocenters. The first-order valence-corrected chi connectivity index (χ1v) is 7.81. The fourth-order valence-electron chi connectivity index (χ4n) is 2.17. The highest BCUT2D eigenvalue weighted by Gasteiger charge is 2.23. The third kappa shape index (κ3) is 3.52. The van der Waals surface area contributed by atoms with Gasteiger partial charge in [-0.25, -0.2) is 4.98 Å². The van der Waals surface area contributed by atoms with Crippen molar-refractivity contribution in [1.82, 2.24) is 10.3 Å². The van der Waals surface area contributed by atoms with E-state index in [4.69, 9.17) is 0 Å².